The molecule has 2 heterocycles. The van der Waals surface area contributed by atoms with Gasteiger partial charge in [0.1, 0.15) is 4.21 Å². The van der Waals surface area contributed by atoms with E-state index in [1.54, 1.807) is 56.5 Å². The Labute approximate surface area is 246 Å². The second-order valence-corrected chi connectivity index (χ2v) is 14.4. The van der Waals surface area contributed by atoms with Crippen LogP contribution in [0, 0.1) is 0 Å². The molecule has 3 rings (SSSR count). The number of hydrogen-bond acceptors (Lipinski definition) is 8. The van der Waals surface area contributed by atoms with Crippen LogP contribution in [0.4, 0.5) is 17.1 Å². The van der Waals surface area contributed by atoms with Gasteiger partial charge in [0.2, 0.25) is 5.91 Å². The molecule has 0 bridgehead atoms. The molecule has 10 nitrogen and oxygen atoms in total. The van der Waals surface area contributed by atoms with E-state index in [1.165, 1.54) is 17.5 Å². The van der Waals surface area contributed by atoms with Crippen molar-refractivity contribution in [1.82, 2.24) is 9.80 Å². The van der Waals surface area contributed by atoms with Crippen molar-refractivity contribution in [2.24, 2.45) is 10.7 Å². The van der Waals surface area contributed by atoms with Crippen molar-refractivity contribution < 1.29 is 13.2 Å². The van der Waals surface area contributed by atoms with Gasteiger partial charge in [-0.3, -0.25) is 9.69 Å². The number of nitrogens with zero attached hydrogens (tertiary/aromatic N) is 3. The van der Waals surface area contributed by atoms with Crippen LogP contribution in [-0.4, -0.2) is 81.1 Å². The Morgan fingerprint density at radius 2 is 1.75 bits per heavy atom. The van der Waals surface area contributed by atoms with Gasteiger partial charge in [0.05, 0.1) is 28.6 Å². The normalized spacial score (nSPS) is 16.8. The fraction of sp³-hybridized carbons (Fsp3) is 0.481. The smallest absolute Gasteiger partial charge is 0.238 e. The lowest BCUT2D eigenvalue weighted by molar-refractivity contribution is -0.117. The van der Waals surface area contributed by atoms with Crippen LogP contribution in [-0.2, 0) is 14.6 Å². The summed E-state index contributed by atoms with van der Waals surface area (Å²) in [5.74, 6) is 0.0887. The Morgan fingerprint density at radius 3 is 2.33 bits per heavy atom. The molecule has 1 fully saturated rings. The number of sulfone groups is 1. The van der Waals surface area contributed by atoms with Gasteiger partial charge in [0.15, 0.2) is 15.8 Å². The number of amides is 1. The van der Waals surface area contributed by atoms with E-state index in [9.17, 15) is 13.2 Å². The van der Waals surface area contributed by atoms with Gasteiger partial charge in [-0.1, -0.05) is 11.6 Å². The molecule has 0 aliphatic carbocycles. The fourth-order valence-corrected chi connectivity index (χ4v) is 7.02. The summed E-state index contributed by atoms with van der Waals surface area (Å²) in [6.45, 7) is 7.32. The van der Waals surface area contributed by atoms with Gasteiger partial charge in [0, 0.05) is 36.7 Å². The maximum absolute atomic E-state index is 12.6. The van der Waals surface area contributed by atoms with E-state index in [0.717, 1.165) is 25.9 Å². The third-order valence-electron chi connectivity index (χ3n) is 6.72. The third-order valence-corrected chi connectivity index (χ3v) is 10.8. The number of rotatable bonds is 11. The molecule has 0 spiro atoms. The zero-order valence-corrected chi connectivity index (χ0v) is 26.0. The number of nitrogens with one attached hydrogen (secondary N) is 3. The summed E-state index contributed by atoms with van der Waals surface area (Å²) < 4.78 is 25.5. The number of thiophene rings is 1. The molecule has 40 heavy (non-hydrogen) atoms. The van der Waals surface area contributed by atoms with Crippen molar-refractivity contribution in [3.63, 3.8) is 0 Å². The number of piperidine rings is 1. The Morgan fingerprint density at radius 1 is 1.15 bits per heavy atom. The predicted molar refractivity (Wildman–Crippen MR) is 167 cm³/mol. The first kappa shape index (κ1) is 31.9. The first-order chi connectivity index (χ1) is 18.9. The van der Waals surface area contributed by atoms with Gasteiger partial charge in [-0.25, -0.2) is 13.4 Å². The lowest BCUT2D eigenvalue weighted by atomic mass is 10.0. The van der Waals surface area contributed by atoms with E-state index < -0.39 is 21.1 Å². The quantitative estimate of drug-likeness (QED) is 0.220. The van der Waals surface area contributed by atoms with Crippen molar-refractivity contribution in [3.8, 4) is 0 Å². The second-order valence-electron chi connectivity index (χ2n) is 10.3. The minimum absolute atomic E-state index is 0.0380. The maximum atomic E-state index is 12.6. The van der Waals surface area contributed by atoms with Crippen LogP contribution in [0.15, 0.2) is 56.1 Å². The van der Waals surface area contributed by atoms with E-state index in [0.29, 0.717) is 34.7 Å². The Bertz CT molecular complexity index is 1300. The van der Waals surface area contributed by atoms with Crippen molar-refractivity contribution in [2.45, 2.75) is 55.2 Å². The lowest BCUT2D eigenvalue weighted by Gasteiger charge is -2.34. The highest BCUT2D eigenvalue weighted by Crippen LogP contribution is 2.32. The molecule has 0 radical (unpaired) electrons. The third kappa shape index (κ3) is 8.93. The first-order valence-electron chi connectivity index (χ1n) is 13.2. The Kier molecular flexibility index (Phi) is 11.4. The van der Waals surface area contributed by atoms with Gasteiger partial charge in [-0.15, -0.1) is 11.3 Å². The van der Waals surface area contributed by atoms with Crippen molar-refractivity contribution in [1.29, 1.82) is 0 Å². The summed E-state index contributed by atoms with van der Waals surface area (Å²) in [4.78, 5) is 21.1. The first-order valence-corrected chi connectivity index (χ1v) is 16.0. The van der Waals surface area contributed by atoms with Crippen molar-refractivity contribution >= 4 is 61.7 Å². The molecular weight excluding hydrogens is 570 g/mol. The molecule has 1 aliphatic heterocycles. The van der Waals surface area contributed by atoms with Crippen molar-refractivity contribution in [2.75, 3.05) is 49.7 Å². The largest absolute Gasteiger partial charge is 0.376 e. The number of likely N-dealkylation sites (tertiary alicyclic amines) is 1. The highest BCUT2D eigenvalue weighted by atomic mass is 35.5. The summed E-state index contributed by atoms with van der Waals surface area (Å²) in [5, 5.41) is 10.6. The molecule has 1 aliphatic rings. The van der Waals surface area contributed by atoms with Crippen LogP contribution < -0.4 is 21.7 Å². The highest BCUT2D eigenvalue weighted by Gasteiger charge is 2.25. The van der Waals surface area contributed by atoms with Crippen LogP contribution in [0.1, 0.15) is 33.6 Å². The number of carbonyl (C=O) groups is 1. The van der Waals surface area contributed by atoms with Crippen LogP contribution in [0.5, 0.6) is 0 Å². The number of guanidine groups is 1. The molecule has 220 valence electrons. The highest BCUT2D eigenvalue weighted by molar-refractivity contribution is 7.94. The Hall–Kier alpha value is -2.64. The Balaban J connectivity index is 1.50. The van der Waals surface area contributed by atoms with Crippen molar-refractivity contribution in [3.05, 3.63) is 46.9 Å². The number of benzene rings is 1. The lowest BCUT2D eigenvalue weighted by Crippen LogP contribution is -2.44. The minimum Gasteiger partial charge on any atom is -0.376 e. The summed E-state index contributed by atoms with van der Waals surface area (Å²) in [6.07, 6.45) is 3.55. The molecule has 1 amide bonds. The topological polar surface area (TPSA) is 132 Å². The van der Waals surface area contributed by atoms with Crippen LogP contribution >= 0.6 is 22.9 Å². The molecule has 1 atom stereocenters. The SMILES string of the molecule is CC(Nc1ccsc1S(=O)(=O)C(C)C)/C(Cl)=C\N=C(N)Nc1ccc(NC(=O)CN2CCC(N(C)C)CC2)cc1. The van der Waals surface area contributed by atoms with Gasteiger partial charge in [0.25, 0.3) is 0 Å². The number of hydrogen-bond donors (Lipinski definition) is 4. The minimum atomic E-state index is -3.41. The average Bonchev–Trinajstić information content (AvgIpc) is 3.37. The van der Waals surface area contributed by atoms with Crippen LogP contribution in [0.3, 0.4) is 0 Å². The van der Waals surface area contributed by atoms with E-state index >= 15 is 0 Å². The number of halogens is 1. The maximum Gasteiger partial charge on any atom is 0.238 e. The molecule has 13 heteroatoms. The summed E-state index contributed by atoms with van der Waals surface area (Å²) >= 11 is 7.57. The number of carbonyl (C=O) groups excluding carboxylic acids is 1. The van der Waals surface area contributed by atoms with Crippen LogP contribution in [0.25, 0.3) is 0 Å². The molecule has 1 saturated heterocycles. The standard InChI is InChI=1S/C27H40ClN7O3S2/c1-18(2)40(37,38)26-24(12-15-39-26)31-19(3)23(28)16-30-27(29)33-21-8-6-20(7-9-21)32-25(36)17-35-13-10-22(11-14-35)34(4)5/h6-9,12,15-16,18-19,22,31H,10-11,13-14,17H2,1-5H3,(H,32,36)(H3,29,30,33)/b23-16+. The average molecular weight is 610 g/mol. The molecule has 2 aromatic rings. The second kappa shape index (κ2) is 14.3. The number of anilines is 3. The predicted octanol–water partition coefficient (Wildman–Crippen LogP) is 4.20. The molecule has 5 N–H and O–H groups in total. The van der Waals surface area contributed by atoms with E-state index in [-0.39, 0.29) is 16.1 Å². The van der Waals surface area contributed by atoms with Crippen LogP contribution in [0.2, 0.25) is 0 Å². The number of aliphatic imine (C=N–C) groups is 1. The molecule has 1 aromatic carbocycles. The summed E-state index contributed by atoms with van der Waals surface area (Å²) in [7, 11) is 0.792. The van der Waals surface area contributed by atoms with Gasteiger partial charge in [-0.05, 0) is 83.4 Å². The fourth-order valence-electron chi connectivity index (χ4n) is 4.20. The van der Waals surface area contributed by atoms with E-state index in [4.69, 9.17) is 17.3 Å². The van der Waals surface area contributed by atoms with E-state index in [2.05, 4.69) is 44.8 Å². The zero-order valence-electron chi connectivity index (χ0n) is 23.6. The van der Waals surface area contributed by atoms with Gasteiger partial charge < -0.3 is 26.6 Å². The zero-order chi connectivity index (χ0) is 29.4. The monoisotopic (exact) mass is 609 g/mol. The summed E-state index contributed by atoms with van der Waals surface area (Å²) in [5.41, 5.74) is 7.92. The number of nitrogens with two attached hydrogens (primary N) is 1. The molecule has 1 unspecified atom stereocenters. The van der Waals surface area contributed by atoms with Gasteiger partial charge in [-0.2, -0.15) is 0 Å². The molecule has 1 aromatic heterocycles. The summed E-state index contributed by atoms with van der Waals surface area (Å²) in [6, 6.07) is 9.09. The molecular formula is C27H40ClN7O3S2. The van der Waals surface area contributed by atoms with Gasteiger partial charge >= 0.3 is 0 Å². The molecule has 0 saturated carbocycles. The van der Waals surface area contributed by atoms with E-state index in [1.807, 2.05) is 0 Å².